The highest BCUT2D eigenvalue weighted by molar-refractivity contribution is 7.09. The van der Waals surface area contributed by atoms with Crippen LogP contribution in [0.2, 0.25) is 0 Å². The van der Waals surface area contributed by atoms with E-state index in [1.54, 1.807) is 30.4 Å². The maximum absolute atomic E-state index is 13.6. The van der Waals surface area contributed by atoms with Gasteiger partial charge in [0, 0.05) is 23.9 Å². The summed E-state index contributed by atoms with van der Waals surface area (Å²) in [4.78, 5) is 16.7. The minimum Gasteiger partial charge on any atom is -0.478 e. The van der Waals surface area contributed by atoms with E-state index in [0.29, 0.717) is 13.0 Å². The van der Waals surface area contributed by atoms with Gasteiger partial charge in [-0.3, -0.25) is 4.79 Å². The molecule has 1 aromatic heterocycles. The molecule has 0 spiro atoms. The molecule has 134 valence electrons. The molecule has 1 unspecified atom stereocenters. The number of para-hydroxylation sites is 1. The smallest absolute Gasteiger partial charge is 0.260 e. The Kier molecular flexibility index (Phi) is 5.96. The molecule has 0 bridgehead atoms. The highest BCUT2D eigenvalue weighted by atomic mass is 32.1. The Bertz CT molecular complexity index is 867. The first-order valence-electron chi connectivity index (χ1n) is 8.32. The van der Waals surface area contributed by atoms with Crippen molar-refractivity contribution in [2.45, 2.75) is 19.4 Å². The predicted octanol–water partition coefficient (Wildman–Crippen LogP) is 4.08. The van der Waals surface area contributed by atoms with Crippen LogP contribution >= 0.6 is 11.3 Å². The zero-order valence-electron chi connectivity index (χ0n) is 14.3. The number of carbonyl (C=O) groups is 1. The Morgan fingerprint density at radius 2 is 1.92 bits per heavy atom. The molecule has 26 heavy (non-hydrogen) atoms. The first-order valence-corrected chi connectivity index (χ1v) is 9.20. The quantitative estimate of drug-likeness (QED) is 0.682. The van der Waals surface area contributed by atoms with Crippen molar-refractivity contribution < 1.29 is 13.9 Å². The topological polar surface area (TPSA) is 51.2 Å². The fourth-order valence-electron chi connectivity index (χ4n) is 2.39. The van der Waals surface area contributed by atoms with Gasteiger partial charge in [-0.2, -0.15) is 0 Å². The Labute approximate surface area is 155 Å². The number of thiazole rings is 1. The highest BCUT2D eigenvalue weighted by Crippen LogP contribution is 2.21. The van der Waals surface area contributed by atoms with Crippen molar-refractivity contribution in [1.29, 1.82) is 0 Å². The van der Waals surface area contributed by atoms with Crippen molar-refractivity contribution in [2.24, 2.45) is 0 Å². The van der Waals surface area contributed by atoms with Crippen LogP contribution in [0.1, 0.15) is 11.9 Å². The molecule has 0 aliphatic heterocycles. The van der Waals surface area contributed by atoms with E-state index < -0.39 is 11.9 Å². The molecule has 4 nitrogen and oxygen atoms in total. The maximum Gasteiger partial charge on any atom is 0.260 e. The van der Waals surface area contributed by atoms with Crippen LogP contribution in [0.4, 0.5) is 4.39 Å². The summed E-state index contributed by atoms with van der Waals surface area (Å²) in [6, 6.07) is 16.0. The van der Waals surface area contributed by atoms with Gasteiger partial charge in [0.1, 0.15) is 0 Å². The summed E-state index contributed by atoms with van der Waals surface area (Å²) in [5.41, 5.74) is 2.01. The largest absolute Gasteiger partial charge is 0.478 e. The van der Waals surface area contributed by atoms with Gasteiger partial charge in [0.2, 0.25) is 0 Å². The van der Waals surface area contributed by atoms with Gasteiger partial charge in [-0.25, -0.2) is 9.37 Å². The number of halogens is 1. The summed E-state index contributed by atoms with van der Waals surface area (Å²) < 4.78 is 18.9. The summed E-state index contributed by atoms with van der Waals surface area (Å²) in [7, 11) is 0. The first kappa shape index (κ1) is 18.1. The molecule has 1 heterocycles. The summed E-state index contributed by atoms with van der Waals surface area (Å²) in [6.07, 6.45) is -0.140. The molecule has 6 heteroatoms. The number of carbonyl (C=O) groups excluding carboxylic acids is 1. The van der Waals surface area contributed by atoms with Crippen LogP contribution in [0.15, 0.2) is 60.0 Å². The summed E-state index contributed by atoms with van der Waals surface area (Å²) in [6.45, 7) is 2.05. The molecule has 1 amide bonds. The number of hydrogen-bond acceptors (Lipinski definition) is 4. The monoisotopic (exact) mass is 370 g/mol. The minimum atomic E-state index is -0.775. The fourth-order valence-corrected chi connectivity index (χ4v) is 3.20. The standard InChI is InChI=1S/C20H19FN2O2S/c1-14(25-18-10-6-5-9-16(18)21)20(24)22-12-11-19-23-17(13-26-19)15-7-3-2-4-8-15/h2-10,13-14H,11-12H2,1H3,(H,22,24). The average Bonchev–Trinajstić information content (AvgIpc) is 3.13. The van der Waals surface area contributed by atoms with Crippen molar-refractivity contribution in [2.75, 3.05) is 6.54 Å². The van der Waals surface area contributed by atoms with Crippen molar-refractivity contribution in [1.82, 2.24) is 10.3 Å². The Balaban J connectivity index is 1.48. The van der Waals surface area contributed by atoms with E-state index in [0.717, 1.165) is 16.3 Å². The van der Waals surface area contributed by atoms with Gasteiger partial charge >= 0.3 is 0 Å². The van der Waals surface area contributed by atoms with Crippen LogP contribution < -0.4 is 10.1 Å². The fraction of sp³-hybridized carbons (Fsp3) is 0.200. The van der Waals surface area contributed by atoms with E-state index in [-0.39, 0.29) is 11.7 Å². The van der Waals surface area contributed by atoms with Gasteiger partial charge in [-0.15, -0.1) is 11.3 Å². The van der Waals surface area contributed by atoms with Crippen molar-refractivity contribution >= 4 is 17.2 Å². The Morgan fingerprint density at radius 3 is 2.69 bits per heavy atom. The van der Waals surface area contributed by atoms with Gasteiger partial charge in [0.15, 0.2) is 17.7 Å². The molecule has 0 saturated carbocycles. The molecular weight excluding hydrogens is 351 g/mol. The molecule has 3 aromatic rings. The Hall–Kier alpha value is -2.73. The van der Waals surface area contributed by atoms with Gasteiger partial charge in [-0.05, 0) is 19.1 Å². The van der Waals surface area contributed by atoms with E-state index in [4.69, 9.17) is 4.74 Å². The molecule has 1 atom stereocenters. The molecule has 0 aliphatic carbocycles. The van der Waals surface area contributed by atoms with Crippen LogP contribution in [0.5, 0.6) is 5.75 Å². The van der Waals surface area contributed by atoms with Gasteiger partial charge in [-0.1, -0.05) is 42.5 Å². The number of nitrogens with one attached hydrogen (secondary N) is 1. The van der Waals surface area contributed by atoms with Gasteiger partial charge in [0.25, 0.3) is 5.91 Å². The number of aromatic nitrogens is 1. The molecular formula is C20H19FN2O2S. The molecule has 2 aromatic carbocycles. The van der Waals surface area contributed by atoms with Crippen LogP contribution in [0.25, 0.3) is 11.3 Å². The average molecular weight is 370 g/mol. The second kappa shape index (κ2) is 8.58. The predicted molar refractivity (Wildman–Crippen MR) is 101 cm³/mol. The van der Waals surface area contributed by atoms with Crippen LogP contribution in [0, 0.1) is 5.82 Å². The number of benzene rings is 2. The molecule has 3 rings (SSSR count). The first-order chi connectivity index (χ1) is 12.6. The van der Waals surface area contributed by atoms with Crippen LogP contribution in [-0.2, 0) is 11.2 Å². The summed E-state index contributed by atoms with van der Waals surface area (Å²) >= 11 is 1.57. The molecule has 0 radical (unpaired) electrons. The lowest BCUT2D eigenvalue weighted by molar-refractivity contribution is -0.127. The maximum atomic E-state index is 13.6. The van der Waals surface area contributed by atoms with Crippen LogP contribution in [0.3, 0.4) is 0 Å². The third-order valence-corrected chi connectivity index (χ3v) is 4.68. The lowest BCUT2D eigenvalue weighted by Gasteiger charge is -2.14. The van der Waals surface area contributed by atoms with E-state index in [1.807, 2.05) is 35.7 Å². The van der Waals surface area contributed by atoms with Crippen LogP contribution in [-0.4, -0.2) is 23.5 Å². The zero-order chi connectivity index (χ0) is 18.4. The lowest BCUT2D eigenvalue weighted by atomic mass is 10.2. The molecule has 0 aliphatic rings. The third-order valence-electron chi connectivity index (χ3n) is 3.77. The SMILES string of the molecule is CC(Oc1ccccc1F)C(=O)NCCc1nc(-c2ccccc2)cs1. The summed E-state index contributed by atoms with van der Waals surface area (Å²) in [5, 5.41) is 5.76. The second-order valence-electron chi connectivity index (χ2n) is 5.72. The van der Waals surface area contributed by atoms with Crippen molar-refractivity contribution in [3.63, 3.8) is 0 Å². The van der Waals surface area contributed by atoms with Crippen molar-refractivity contribution in [3.8, 4) is 17.0 Å². The van der Waals surface area contributed by atoms with Gasteiger partial charge < -0.3 is 10.1 Å². The number of ether oxygens (including phenoxy) is 1. The molecule has 0 saturated heterocycles. The van der Waals surface area contributed by atoms with E-state index in [9.17, 15) is 9.18 Å². The number of nitrogens with zero attached hydrogens (tertiary/aromatic N) is 1. The molecule has 0 fully saturated rings. The minimum absolute atomic E-state index is 0.0718. The second-order valence-corrected chi connectivity index (χ2v) is 6.67. The van der Waals surface area contributed by atoms with E-state index in [1.165, 1.54) is 12.1 Å². The van der Waals surface area contributed by atoms with Crippen molar-refractivity contribution in [3.05, 3.63) is 70.8 Å². The highest BCUT2D eigenvalue weighted by Gasteiger charge is 2.16. The number of amides is 1. The van der Waals surface area contributed by atoms with E-state index in [2.05, 4.69) is 10.3 Å². The summed E-state index contributed by atoms with van der Waals surface area (Å²) in [5.74, 6) is -0.695. The normalized spacial score (nSPS) is 11.8. The Morgan fingerprint density at radius 1 is 1.19 bits per heavy atom. The number of rotatable bonds is 7. The number of hydrogen-bond donors (Lipinski definition) is 1. The molecule has 1 N–H and O–H groups in total. The third kappa shape index (κ3) is 4.67. The van der Waals surface area contributed by atoms with E-state index >= 15 is 0 Å². The zero-order valence-corrected chi connectivity index (χ0v) is 15.1. The lowest BCUT2D eigenvalue weighted by Crippen LogP contribution is -2.37. The van der Waals surface area contributed by atoms with Gasteiger partial charge in [0.05, 0.1) is 10.7 Å².